The summed E-state index contributed by atoms with van der Waals surface area (Å²) in [5, 5.41) is 2.89. The standard InChI is InChI=1S/C19H21BrN4O3/c20-14-5-6-18(26)24(11-14)12-17(25)22-15-3-1-2-4-16(15)23-9-7-13(8-10-23)19(21)27/h1-6,11,13H,7-10,12H2,(H2,21,27)(H,22,25). The van der Waals surface area contributed by atoms with Crippen LogP contribution in [0.1, 0.15) is 12.8 Å². The summed E-state index contributed by atoms with van der Waals surface area (Å²) in [5.41, 5.74) is 6.74. The zero-order chi connectivity index (χ0) is 19.4. The van der Waals surface area contributed by atoms with Crippen LogP contribution in [0, 0.1) is 5.92 Å². The first-order valence-corrected chi connectivity index (χ1v) is 9.52. The molecule has 142 valence electrons. The highest BCUT2D eigenvalue weighted by Gasteiger charge is 2.24. The quantitative estimate of drug-likeness (QED) is 0.754. The van der Waals surface area contributed by atoms with Crippen LogP contribution in [-0.2, 0) is 16.1 Å². The average Bonchev–Trinajstić information content (AvgIpc) is 2.65. The van der Waals surface area contributed by atoms with E-state index in [9.17, 15) is 14.4 Å². The Labute approximate surface area is 165 Å². The maximum absolute atomic E-state index is 12.5. The Kier molecular flexibility index (Phi) is 5.95. The number of piperidine rings is 1. The third kappa shape index (κ3) is 4.77. The van der Waals surface area contributed by atoms with Crippen LogP contribution in [-0.4, -0.2) is 29.5 Å². The first kappa shape index (κ1) is 19.2. The van der Waals surface area contributed by atoms with Gasteiger partial charge in [0, 0.05) is 35.7 Å². The zero-order valence-corrected chi connectivity index (χ0v) is 16.3. The highest BCUT2D eigenvalue weighted by Crippen LogP contribution is 2.29. The fourth-order valence-electron chi connectivity index (χ4n) is 3.23. The van der Waals surface area contributed by atoms with Gasteiger partial charge >= 0.3 is 0 Å². The van der Waals surface area contributed by atoms with E-state index in [0.29, 0.717) is 31.6 Å². The van der Waals surface area contributed by atoms with Crippen LogP contribution in [0.3, 0.4) is 0 Å². The van der Waals surface area contributed by atoms with Crippen LogP contribution in [0.15, 0.2) is 51.9 Å². The van der Waals surface area contributed by atoms with E-state index in [1.54, 1.807) is 12.3 Å². The largest absolute Gasteiger partial charge is 0.370 e. The average molecular weight is 433 g/mol. The molecule has 1 aromatic carbocycles. The minimum absolute atomic E-state index is 0.0731. The van der Waals surface area contributed by atoms with Crippen molar-refractivity contribution < 1.29 is 9.59 Å². The Bertz CT molecular complexity index is 904. The second-order valence-corrected chi connectivity index (χ2v) is 7.46. The van der Waals surface area contributed by atoms with E-state index >= 15 is 0 Å². The summed E-state index contributed by atoms with van der Waals surface area (Å²) in [6, 6.07) is 10.6. The van der Waals surface area contributed by atoms with E-state index in [0.717, 1.165) is 10.2 Å². The lowest BCUT2D eigenvalue weighted by atomic mass is 9.96. The molecule has 1 aliphatic rings. The number of nitrogens with one attached hydrogen (secondary N) is 1. The number of carbonyl (C=O) groups is 2. The maximum atomic E-state index is 12.5. The van der Waals surface area contributed by atoms with Crippen LogP contribution >= 0.6 is 15.9 Å². The number of rotatable bonds is 5. The molecule has 1 fully saturated rings. The molecule has 2 aromatic rings. The lowest BCUT2D eigenvalue weighted by Crippen LogP contribution is -2.39. The van der Waals surface area contributed by atoms with Gasteiger partial charge in [-0.2, -0.15) is 0 Å². The molecule has 8 heteroatoms. The van der Waals surface area contributed by atoms with Gasteiger partial charge in [0.25, 0.3) is 5.56 Å². The number of para-hydroxylation sites is 2. The van der Waals surface area contributed by atoms with Crippen LogP contribution in [0.25, 0.3) is 0 Å². The number of halogens is 1. The van der Waals surface area contributed by atoms with E-state index in [-0.39, 0.29) is 29.8 Å². The molecule has 2 amide bonds. The number of hydrogen-bond acceptors (Lipinski definition) is 4. The number of benzene rings is 1. The first-order chi connectivity index (χ1) is 12.9. The molecule has 0 atom stereocenters. The Morgan fingerprint density at radius 2 is 1.85 bits per heavy atom. The van der Waals surface area contributed by atoms with Crippen molar-refractivity contribution in [2.24, 2.45) is 11.7 Å². The van der Waals surface area contributed by atoms with Gasteiger partial charge in [-0.1, -0.05) is 12.1 Å². The number of carbonyl (C=O) groups excluding carboxylic acids is 2. The van der Waals surface area contributed by atoms with Crippen molar-refractivity contribution in [2.45, 2.75) is 19.4 Å². The van der Waals surface area contributed by atoms with E-state index in [4.69, 9.17) is 5.73 Å². The van der Waals surface area contributed by atoms with Gasteiger partial charge < -0.3 is 20.5 Å². The van der Waals surface area contributed by atoms with Gasteiger partial charge in [-0.15, -0.1) is 0 Å². The molecule has 0 saturated carbocycles. The molecule has 2 heterocycles. The summed E-state index contributed by atoms with van der Waals surface area (Å²) in [4.78, 5) is 37.8. The lowest BCUT2D eigenvalue weighted by Gasteiger charge is -2.33. The number of amides is 2. The van der Waals surface area contributed by atoms with Gasteiger partial charge in [0.05, 0.1) is 11.4 Å². The smallest absolute Gasteiger partial charge is 0.251 e. The number of primary amides is 1. The van der Waals surface area contributed by atoms with Crippen LogP contribution in [0.4, 0.5) is 11.4 Å². The van der Waals surface area contributed by atoms with Crippen molar-refractivity contribution in [3.63, 3.8) is 0 Å². The molecule has 7 nitrogen and oxygen atoms in total. The second-order valence-electron chi connectivity index (χ2n) is 6.54. The highest BCUT2D eigenvalue weighted by atomic mass is 79.9. The van der Waals surface area contributed by atoms with E-state index in [1.807, 2.05) is 24.3 Å². The Balaban J connectivity index is 1.71. The molecule has 1 aromatic heterocycles. The molecular weight excluding hydrogens is 412 g/mol. The summed E-state index contributed by atoms with van der Waals surface area (Å²) < 4.78 is 2.08. The molecule has 0 spiro atoms. The van der Waals surface area contributed by atoms with Gasteiger partial charge in [0.1, 0.15) is 6.54 Å². The fourth-order valence-corrected chi connectivity index (χ4v) is 3.61. The first-order valence-electron chi connectivity index (χ1n) is 8.73. The van der Waals surface area contributed by atoms with Crippen molar-refractivity contribution >= 4 is 39.1 Å². The monoisotopic (exact) mass is 432 g/mol. The van der Waals surface area contributed by atoms with Gasteiger partial charge in [0.15, 0.2) is 0 Å². The third-order valence-corrected chi connectivity index (χ3v) is 5.15. The minimum Gasteiger partial charge on any atom is -0.370 e. The molecule has 3 N–H and O–H groups in total. The van der Waals surface area contributed by atoms with Gasteiger partial charge in [0.2, 0.25) is 11.8 Å². The van der Waals surface area contributed by atoms with Crippen LogP contribution in [0.5, 0.6) is 0 Å². The van der Waals surface area contributed by atoms with Crippen molar-refractivity contribution in [2.75, 3.05) is 23.3 Å². The molecule has 3 rings (SSSR count). The topological polar surface area (TPSA) is 97.4 Å². The molecular formula is C19H21BrN4O3. The molecule has 0 unspecified atom stereocenters. The Hall–Kier alpha value is -2.61. The molecule has 0 radical (unpaired) electrons. The molecule has 0 bridgehead atoms. The fraction of sp³-hybridized carbons (Fsp3) is 0.316. The number of pyridine rings is 1. The number of aromatic nitrogens is 1. The van der Waals surface area contributed by atoms with Gasteiger partial charge in [-0.25, -0.2) is 0 Å². The lowest BCUT2D eigenvalue weighted by molar-refractivity contribution is -0.122. The third-order valence-electron chi connectivity index (χ3n) is 4.68. The minimum atomic E-state index is -0.283. The number of anilines is 2. The molecule has 0 aliphatic carbocycles. The maximum Gasteiger partial charge on any atom is 0.251 e. The molecule has 1 saturated heterocycles. The summed E-state index contributed by atoms with van der Waals surface area (Å²) in [7, 11) is 0. The molecule has 1 aliphatic heterocycles. The molecule has 27 heavy (non-hydrogen) atoms. The Morgan fingerprint density at radius 1 is 1.15 bits per heavy atom. The summed E-state index contributed by atoms with van der Waals surface area (Å²) in [5.74, 6) is -0.628. The van der Waals surface area contributed by atoms with E-state index in [1.165, 1.54) is 10.6 Å². The predicted octanol–water partition coefficient (Wildman–Crippen LogP) is 1.95. The van der Waals surface area contributed by atoms with Crippen molar-refractivity contribution in [3.05, 3.63) is 57.4 Å². The summed E-state index contributed by atoms with van der Waals surface area (Å²) in [6.45, 7) is 1.33. The summed E-state index contributed by atoms with van der Waals surface area (Å²) in [6.07, 6.45) is 2.98. The number of hydrogen-bond donors (Lipinski definition) is 2. The van der Waals surface area contributed by atoms with Crippen molar-refractivity contribution in [3.8, 4) is 0 Å². The van der Waals surface area contributed by atoms with Crippen molar-refractivity contribution in [1.29, 1.82) is 0 Å². The summed E-state index contributed by atoms with van der Waals surface area (Å²) >= 11 is 3.30. The SMILES string of the molecule is NC(=O)C1CCN(c2ccccc2NC(=O)Cn2cc(Br)ccc2=O)CC1. The predicted molar refractivity (Wildman–Crippen MR) is 108 cm³/mol. The highest BCUT2D eigenvalue weighted by molar-refractivity contribution is 9.10. The van der Waals surface area contributed by atoms with Crippen LogP contribution in [0.2, 0.25) is 0 Å². The van der Waals surface area contributed by atoms with Gasteiger partial charge in [-0.05, 0) is 47.0 Å². The number of nitrogens with two attached hydrogens (primary N) is 1. The van der Waals surface area contributed by atoms with E-state index in [2.05, 4.69) is 26.1 Å². The Morgan fingerprint density at radius 3 is 2.56 bits per heavy atom. The normalized spacial score (nSPS) is 14.8. The van der Waals surface area contributed by atoms with Crippen LogP contribution < -0.4 is 21.5 Å². The van der Waals surface area contributed by atoms with Crippen molar-refractivity contribution in [1.82, 2.24) is 4.57 Å². The van der Waals surface area contributed by atoms with Gasteiger partial charge in [-0.3, -0.25) is 14.4 Å². The van der Waals surface area contributed by atoms with E-state index < -0.39 is 0 Å². The number of nitrogens with zero attached hydrogens (tertiary/aromatic N) is 2. The second kappa shape index (κ2) is 8.39. The zero-order valence-electron chi connectivity index (χ0n) is 14.7.